The van der Waals surface area contributed by atoms with Crippen LogP contribution in [0.1, 0.15) is 34.8 Å². The van der Waals surface area contributed by atoms with Crippen LogP contribution >= 0.6 is 0 Å². The van der Waals surface area contributed by atoms with E-state index in [4.69, 9.17) is 40.9 Å². The van der Waals surface area contributed by atoms with Crippen LogP contribution in [-0.2, 0) is 14.2 Å². The Hall–Kier alpha value is -5.97. The Morgan fingerprint density at radius 1 is 0.458 bits per heavy atom. The van der Waals surface area contributed by atoms with Crippen molar-refractivity contribution in [1.82, 2.24) is 0 Å². The summed E-state index contributed by atoms with van der Waals surface area (Å²) in [6.07, 6.45) is 0. The Morgan fingerprint density at radius 3 is 1.67 bits per heavy atom. The molecule has 5 aromatic carbocycles. The molecule has 48 heavy (non-hydrogen) atoms. The molecule has 5 aromatic rings. The molecule has 0 saturated carbocycles. The highest BCUT2D eigenvalue weighted by atomic mass is 16.6. The van der Waals surface area contributed by atoms with Gasteiger partial charge in [-0.2, -0.15) is 0 Å². The topological polar surface area (TPSA) is 161 Å². The van der Waals surface area contributed by atoms with Gasteiger partial charge in [0.1, 0.15) is 51.2 Å². The van der Waals surface area contributed by atoms with Gasteiger partial charge >= 0.3 is 0 Å². The summed E-state index contributed by atoms with van der Waals surface area (Å²) >= 11 is 0. The van der Waals surface area contributed by atoms with E-state index in [1.54, 1.807) is 0 Å². The second kappa shape index (κ2) is 13.8. The maximum atomic E-state index is 5.53. The van der Waals surface area contributed by atoms with Gasteiger partial charge in [-0.1, -0.05) is 84.9 Å². The summed E-state index contributed by atoms with van der Waals surface area (Å²) in [6, 6.07) is 35.8. The quantitative estimate of drug-likeness (QED) is 0.239. The van der Waals surface area contributed by atoms with Crippen molar-refractivity contribution in [2.24, 2.45) is 32.2 Å². The first-order chi connectivity index (χ1) is 23.5. The fourth-order valence-corrected chi connectivity index (χ4v) is 5.90. The van der Waals surface area contributed by atoms with Crippen LogP contribution in [0.5, 0.6) is 11.5 Å². The number of hydrogen-bond donors (Lipinski definition) is 3. The summed E-state index contributed by atoms with van der Waals surface area (Å²) in [5, 5.41) is 4.90. The molecular weight excluding hydrogens is 608 g/mol. The lowest BCUT2D eigenvalue weighted by Gasteiger charge is -2.19. The van der Waals surface area contributed by atoms with E-state index < -0.39 is 0 Å². The number of benzene rings is 5. The van der Waals surface area contributed by atoms with Gasteiger partial charge < -0.3 is 40.9 Å². The minimum Gasteiger partial charge on any atom is -0.486 e. The van der Waals surface area contributed by atoms with E-state index in [1.807, 2.05) is 48.5 Å². The summed E-state index contributed by atoms with van der Waals surface area (Å²) in [5.74, 6) is 1.55. The number of aliphatic imine (C=N–C) groups is 3. The average Bonchev–Trinajstić information content (AvgIpc) is 3.89. The second-order valence-electron chi connectivity index (χ2n) is 11.5. The molecule has 0 spiro atoms. The zero-order valence-corrected chi connectivity index (χ0v) is 26.2. The summed E-state index contributed by atoms with van der Waals surface area (Å²) in [4.78, 5) is 12.7. The molecule has 0 aromatic heterocycles. The molecule has 0 saturated heterocycles. The van der Waals surface area contributed by atoms with Gasteiger partial charge in [0.2, 0.25) is 0 Å². The molecule has 0 bridgehead atoms. The maximum absolute atomic E-state index is 5.53. The van der Waals surface area contributed by atoms with Crippen molar-refractivity contribution in [3.8, 4) is 11.5 Å². The third-order valence-corrected chi connectivity index (χ3v) is 8.31. The highest BCUT2D eigenvalue weighted by molar-refractivity contribution is 5.87. The van der Waals surface area contributed by atoms with Gasteiger partial charge in [0.15, 0.2) is 11.5 Å². The summed E-state index contributed by atoms with van der Waals surface area (Å²) in [6.45, 7) is 2.77. The van der Waals surface area contributed by atoms with Crippen molar-refractivity contribution in [3.05, 3.63) is 120 Å². The molecule has 3 unspecified atom stereocenters. The van der Waals surface area contributed by atoms with Gasteiger partial charge in [0, 0.05) is 0 Å². The van der Waals surface area contributed by atoms with Crippen LogP contribution in [-0.4, -0.2) is 51.1 Å². The number of rotatable bonds is 3. The summed E-state index contributed by atoms with van der Waals surface area (Å²) in [7, 11) is 0. The molecule has 0 radical (unpaired) electrons. The Kier molecular flexibility index (Phi) is 8.82. The van der Waals surface area contributed by atoms with Gasteiger partial charge in [-0.25, -0.2) is 15.0 Å². The van der Waals surface area contributed by atoms with Crippen molar-refractivity contribution < 1.29 is 23.7 Å². The van der Waals surface area contributed by atoms with Crippen molar-refractivity contribution >= 4 is 39.6 Å². The van der Waals surface area contributed by atoms with Crippen LogP contribution < -0.4 is 26.7 Å². The first-order valence-corrected chi connectivity index (χ1v) is 15.7. The monoisotopic (exact) mass is 644 g/mol. The fourth-order valence-electron chi connectivity index (χ4n) is 5.90. The van der Waals surface area contributed by atoms with E-state index in [0.29, 0.717) is 33.0 Å². The molecule has 4 aliphatic rings. The number of ether oxygens (including phenoxy) is 5. The molecule has 0 amide bonds. The zero-order chi connectivity index (χ0) is 32.9. The molecule has 11 nitrogen and oxygen atoms in total. The van der Waals surface area contributed by atoms with Gasteiger partial charge in [-0.3, -0.25) is 0 Å². The molecule has 4 aliphatic heterocycles. The smallest absolute Gasteiger partial charge is 0.282 e. The first kappa shape index (κ1) is 30.7. The van der Waals surface area contributed by atoms with E-state index in [-0.39, 0.29) is 36.2 Å². The van der Waals surface area contributed by atoms with Crippen molar-refractivity contribution in [1.29, 1.82) is 0 Å². The van der Waals surface area contributed by atoms with E-state index >= 15 is 0 Å². The van der Waals surface area contributed by atoms with Crippen LogP contribution in [0.4, 0.5) is 0 Å². The number of amidine groups is 3. The SMILES string of the molecule is NC1=NC(c2ccc3c(c2)OCCO3)CO1.NC1=NC(c2ccc3ccccc3c2)CO1.NC1=NC(c2cccc3ccccc23)CO1. The normalized spacial score (nSPS) is 20.5. The Balaban J connectivity index is 0.000000114. The largest absolute Gasteiger partial charge is 0.486 e. The highest BCUT2D eigenvalue weighted by Crippen LogP contribution is 2.34. The number of hydrogen-bond acceptors (Lipinski definition) is 11. The Bertz CT molecular complexity index is 2020. The van der Waals surface area contributed by atoms with E-state index in [2.05, 4.69) is 69.6 Å². The second-order valence-corrected chi connectivity index (χ2v) is 11.5. The van der Waals surface area contributed by atoms with Gasteiger partial charge in [-0.15, -0.1) is 0 Å². The van der Waals surface area contributed by atoms with Crippen LogP contribution in [0.15, 0.2) is 118 Å². The lowest BCUT2D eigenvalue weighted by molar-refractivity contribution is 0.171. The predicted octanol–water partition coefficient (Wildman–Crippen LogP) is 5.30. The molecule has 3 atom stereocenters. The molecule has 244 valence electrons. The van der Waals surface area contributed by atoms with Gasteiger partial charge in [0.25, 0.3) is 18.1 Å². The lowest BCUT2D eigenvalue weighted by atomic mass is 10.00. The van der Waals surface area contributed by atoms with Crippen molar-refractivity contribution in [2.75, 3.05) is 33.0 Å². The minimum atomic E-state index is -0.0316. The third-order valence-electron chi connectivity index (χ3n) is 8.31. The Morgan fingerprint density at radius 2 is 1.00 bits per heavy atom. The minimum absolute atomic E-state index is 0.0316. The van der Waals surface area contributed by atoms with Crippen LogP contribution in [0.3, 0.4) is 0 Å². The zero-order valence-electron chi connectivity index (χ0n) is 26.2. The van der Waals surface area contributed by atoms with Crippen LogP contribution in [0, 0.1) is 0 Å². The van der Waals surface area contributed by atoms with Gasteiger partial charge in [-0.05, 0) is 56.4 Å². The van der Waals surface area contributed by atoms with E-state index in [9.17, 15) is 0 Å². The van der Waals surface area contributed by atoms with Crippen LogP contribution in [0.25, 0.3) is 21.5 Å². The molecule has 4 heterocycles. The average molecular weight is 645 g/mol. The summed E-state index contributed by atoms with van der Waals surface area (Å²) in [5.41, 5.74) is 19.9. The van der Waals surface area contributed by atoms with Crippen molar-refractivity contribution in [2.45, 2.75) is 18.1 Å². The number of nitrogens with two attached hydrogens (primary N) is 3. The highest BCUT2D eigenvalue weighted by Gasteiger charge is 2.22. The maximum Gasteiger partial charge on any atom is 0.282 e. The fraction of sp³-hybridized carbons (Fsp3) is 0.216. The van der Waals surface area contributed by atoms with Gasteiger partial charge in [0.05, 0.1) is 0 Å². The third kappa shape index (κ3) is 6.90. The number of fused-ring (bicyclic) bond motifs is 3. The van der Waals surface area contributed by atoms with Crippen LogP contribution in [0.2, 0.25) is 0 Å². The van der Waals surface area contributed by atoms with Crippen molar-refractivity contribution in [3.63, 3.8) is 0 Å². The van der Waals surface area contributed by atoms with E-state index in [0.717, 1.165) is 22.6 Å². The molecule has 6 N–H and O–H groups in total. The van der Waals surface area contributed by atoms with E-state index in [1.165, 1.54) is 27.1 Å². The summed E-state index contributed by atoms with van der Waals surface area (Å²) < 4.78 is 26.4. The number of nitrogens with zero attached hydrogens (tertiary/aromatic N) is 3. The molecular formula is C37H36N6O5. The standard InChI is InChI=1S/2C13H12N2O.C11H12N2O3/c14-13-15-12(8-16-13)11-7-3-5-9-4-1-2-6-10(9)11;14-13-15-12(8-16-13)11-6-5-9-3-1-2-4-10(9)7-11;12-11-13-8(6-16-11)7-1-2-9-10(5-7)15-4-3-14-9/h2*1-7,12H,8H2,(H2,14,15);1-2,5,8H,3-4,6H2,(H2,12,13). The molecule has 11 heteroatoms. The molecule has 9 rings (SSSR count). The Labute approximate surface area is 277 Å². The predicted molar refractivity (Wildman–Crippen MR) is 186 cm³/mol. The molecule has 0 fully saturated rings. The lowest BCUT2D eigenvalue weighted by Crippen LogP contribution is -2.15. The molecule has 0 aliphatic carbocycles. The first-order valence-electron chi connectivity index (χ1n) is 15.7.